The molecule has 0 aliphatic carbocycles. The molecule has 4 nitrogen and oxygen atoms in total. The monoisotopic (exact) mass is 300 g/mol. The first kappa shape index (κ1) is 16.4. The molecule has 0 aromatic carbocycles. The third kappa shape index (κ3) is 4.03. The van der Waals surface area contributed by atoms with Crippen LogP contribution in [0.5, 0.6) is 0 Å². The van der Waals surface area contributed by atoms with Crippen LogP contribution in [0.2, 0.25) is 0 Å². The number of allylic oxidation sites excluding steroid dienone is 3. The Morgan fingerprint density at radius 2 is 1.95 bits per heavy atom. The molecule has 2 heterocycles. The van der Waals surface area contributed by atoms with Crippen LogP contribution in [0.15, 0.2) is 30.2 Å². The largest absolute Gasteiger partial charge is 0.393 e. The van der Waals surface area contributed by atoms with Crippen molar-refractivity contribution >= 4 is 11.3 Å². The first-order valence-corrected chi connectivity index (χ1v) is 8.11. The van der Waals surface area contributed by atoms with Gasteiger partial charge in [-0.2, -0.15) is 0 Å². The van der Waals surface area contributed by atoms with E-state index in [2.05, 4.69) is 52.7 Å². The Kier molecular flexibility index (Phi) is 5.87. The van der Waals surface area contributed by atoms with Crippen LogP contribution < -0.4 is 10.6 Å². The van der Waals surface area contributed by atoms with Crippen LogP contribution in [0, 0.1) is 6.92 Å². The number of anilines is 1. The summed E-state index contributed by atoms with van der Waals surface area (Å²) < 4.78 is 0. The van der Waals surface area contributed by atoms with Gasteiger partial charge in [0.05, 0.1) is 11.9 Å². The molecule has 4 heteroatoms. The quantitative estimate of drug-likeness (QED) is 0.818. The van der Waals surface area contributed by atoms with Crippen molar-refractivity contribution < 1.29 is 0 Å². The van der Waals surface area contributed by atoms with Crippen LogP contribution in [-0.2, 0) is 0 Å². The zero-order valence-electron chi connectivity index (χ0n) is 14.2. The van der Waals surface area contributed by atoms with Gasteiger partial charge in [-0.25, -0.2) is 0 Å². The first-order chi connectivity index (χ1) is 10.7. The van der Waals surface area contributed by atoms with Crippen LogP contribution in [-0.4, -0.2) is 37.1 Å². The number of piperidine rings is 1. The number of pyridine rings is 1. The molecule has 0 radical (unpaired) electrons. The van der Waals surface area contributed by atoms with Crippen LogP contribution in [0.4, 0.5) is 5.69 Å². The van der Waals surface area contributed by atoms with Crippen LogP contribution in [0.25, 0.3) is 5.57 Å². The molecule has 0 saturated carbocycles. The van der Waals surface area contributed by atoms with Gasteiger partial charge in [0.1, 0.15) is 0 Å². The molecule has 22 heavy (non-hydrogen) atoms. The molecule has 2 rings (SSSR count). The van der Waals surface area contributed by atoms with E-state index >= 15 is 0 Å². The molecule has 0 bridgehead atoms. The Hall–Kier alpha value is -1.97. The number of rotatable bonds is 5. The van der Waals surface area contributed by atoms with Gasteiger partial charge in [-0.3, -0.25) is 4.98 Å². The fourth-order valence-corrected chi connectivity index (χ4v) is 2.88. The van der Waals surface area contributed by atoms with Gasteiger partial charge in [0, 0.05) is 55.9 Å². The summed E-state index contributed by atoms with van der Waals surface area (Å²) in [4.78, 5) is 6.98. The summed E-state index contributed by atoms with van der Waals surface area (Å²) in [7, 11) is 3.86. The average molecular weight is 300 g/mol. The molecule has 120 valence electrons. The number of nitrogens with one attached hydrogen (secondary N) is 2. The Bertz CT molecular complexity index is 554. The van der Waals surface area contributed by atoms with E-state index in [1.54, 1.807) is 0 Å². The molecule has 0 spiro atoms. The molecule has 1 aromatic heterocycles. The van der Waals surface area contributed by atoms with Crippen molar-refractivity contribution in [3.8, 4) is 0 Å². The molecule has 1 saturated heterocycles. The Morgan fingerprint density at radius 3 is 2.59 bits per heavy atom. The highest BCUT2D eigenvalue weighted by molar-refractivity contribution is 5.77. The van der Waals surface area contributed by atoms with E-state index in [1.807, 2.05) is 20.3 Å². The van der Waals surface area contributed by atoms with Crippen molar-refractivity contribution in [3.05, 3.63) is 41.5 Å². The van der Waals surface area contributed by atoms with Crippen molar-refractivity contribution in [2.75, 3.05) is 32.5 Å². The van der Waals surface area contributed by atoms with E-state index in [0.29, 0.717) is 0 Å². The van der Waals surface area contributed by atoms with E-state index < -0.39 is 0 Å². The van der Waals surface area contributed by atoms with Crippen LogP contribution >= 0.6 is 0 Å². The highest BCUT2D eigenvalue weighted by Gasteiger charge is 2.12. The Balaban J connectivity index is 2.32. The topological polar surface area (TPSA) is 40.2 Å². The van der Waals surface area contributed by atoms with Gasteiger partial charge in [-0.15, -0.1) is 0 Å². The number of hydrogen-bond donors (Lipinski definition) is 2. The first-order valence-electron chi connectivity index (χ1n) is 8.11. The molecule has 0 unspecified atom stereocenters. The van der Waals surface area contributed by atoms with Gasteiger partial charge in [-0.05, 0) is 45.3 Å². The van der Waals surface area contributed by atoms with Crippen molar-refractivity contribution in [2.24, 2.45) is 0 Å². The van der Waals surface area contributed by atoms with Gasteiger partial charge in [0.25, 0.3) is 0 Å². The summed E-state index contributed by atoms with van der Waals surface area (Å²) in [5, 5.41) is 6.33. The fourth-order valence-electron chi connectivity index (χ4n) is 2.88. The summed E-state index contributed by atoms with van der Waals surface area (Å²) in [6.07, 6.45) is 10.1. The second-order valence-electron chi connectivity index (χ2n) is 5.83. The zero-order valence-corrected chi connectivity index (χ0v) is 14.2. The molecular formula is C18H28N4. The lowest BCUT2D eigenvalue weighted by atomic mass is 10.0. The number of aromatic nitrogens is 1. The lowest BCUT2D eigenvalue weighted by Crippen LogP contribution is -2.28. The summed E-state index contributed by atoms with van der Waals surface area (Å²) in [6.45, 7) is 6.60. The van der Waals surface area contributed by atoms with Gasteiger partial charge >= 0.3 is 0 Å². The fraction of sp³-hybridized carbons (Fsp3) is 0.500. The minimum Gasteiger partial charge on any atom is -0.393 e. The summed E-state index contributed by atoms with van der Waals surface area (Å²) in [5.74, 6) is 0. The lowest BCUT2D eigenvalue weighted by molar-refractivity contribution is 0.286. The standard InChI is InChI=1S/C18H28N4/c1-14(22-8-6-5-7-9-22)10-16(12-19-3)18-11-17(20-4)13-21-15(18)2/h10-13,19-20H,5-9H2,1-4H3/b14-10+,16-12+. The summed E-state index contributed by atoms with van der Waals surface area (Å²) >= 11 is 0. The van der Waals surface area contributed by atoms with E-state index in [-0.39, 0.29) is 0 Å². The average Bonchev–Trinajstić information content (AvgIpc) is 2.55. The second-order valence-corrected chi connectivity index (χ2v) is 5.83. The minimum atomic E-state index is 1.03. The van der Waals surface area contributed by atoms with E-state index in [1.165, 1.54) is 43.6 Å². The molecule has 1 fully saturated rings. The molecule has 0 amide bonds. The Labute approximate surface area is 134 Å². The number of aryl methyl sites for hydroxylation is 1. The predicted molar refractivity (Wildman–Crippen MR) is 94.7 cm³/mol. The van der Waals surface area contributed by atoms with Crippen LogP contribution in [0.1, 0.15) is 37.4 Å². The van der Waals surface area contributed by atoms with Gasteiger partial charge < -0.3 is 15.5 Å². The van der Waals surface area contributed by atoms with Gasteiger partial charge in [-0.1, -0.05) is 0 Å². The number of nitrogens with zero attached hydrogens (tertiary/aromatic N) is 2. The molecule has 1 aliphatic rings. The van der Waals surface area contributed by atoms with Gasteiger partial charge in [0.2, 0.25) is 0 Å². The second kappa shape index (κ2) is 7.87. The highest BCUT2D eigenvalue weighted by Crippen LogP contribution is 2.24. The molecule has 2 N–H and O–H groups in total. The predicted octanol–water partition coefficient (Wildman–Crippen LogP) is 3.38. The van der Waals surface area contributed by atoms with Crippen molar-refractivity contribution in [3.63, 3.8) is 0 Å². The third-order valence-corrected chi connectivity index (χ3v) is 4.21. The van der Waals surface area contributed by atoms with Gasteiger partial charge in [0.15, 0.2) is 0 Å². The van der Waals surface area contributed by atoms with Crippen molar-refractivity contribution in [2.45, 2.75) is 33.1 Å². The summed E-state index contributed by atoms with van der Waals surface area (Å²) in [5.41, 5.74) is 5.75. The van der Waals surface area contributed by atoms with E-state index in [0.717, 1.165) is 16.9 Å². The molecule has 1 aliphatic heterocycles. The third-order valence-electron chi connectivity index (χ3n) is 4.21. The SMILES string of the molecule is CN/C=C(\C=C(/C)N1CCCCC1)c1cc(NC)cnc1C. The maximum absolute atomic E-state index is 4.50. The summed E-state index contributed by atoms with van der Waals surface area (Å²) in [6, 6.07) is 2.16. The lowest BCUT2D eigenvalue weighted by Gasteiger charge is -2.29. The zero-order chi connectivity index (χ0) is 15.9. The smallest absolute Gasteiger partial charge is 0.0530 e. The Morgan fingerprint density at radius 1 is 1.23 bits per heavy atom. The van der Waals surface area contributed by atoms with Crippen LogP contribution in [0.3, 0.4) is 0 Å². The molecular weight excluding hydrogens is 272 g/mol. The molecule has 0 atom stereocenters. The number of likely N-dealkylation sites (tertiary alicyclic amines) is 1. The maximum atomic E-state index is 4.50. The van der Waals surface area contributed by atoms with E-state index in [9.17, 15) is 0 Å². The number of hydrogen-bond acceptors (Lipinski definition) is 4. The minimum absolute atomic E-state index is 1.03. The molecule has 1 aromatic rings. The maximum Gasteiger partial charge on any atom is 0.0530 e. The van der Waals surface area contributed by atoms with Crippen molar-refractivity contribution in [1.82, 2.24) is 15.2 Å². The highest BCUT2D eigenvalue weighted by atomic mass is 15.1. The van der Waals surface area contributed by atoms with Crippen molar-refractivity contribution in [1.29, 1.82) is 0 Å². The normalized spacial score (nSPS) is 16.6. The van der Waals surface area contributed by atoms with E-state index in [4.69, 9.17) is 0 Å².